The van der Waals surface area contributed by atoms with Gasteiger partial charge in [0.1, 0.15) is 16.5 Å². The van der Waals surface area contributed by atoms with E-state index in [1.54, 1.807) is 11.8 Å². The number of nitrogens with one attached hydrogen (secondary N) is 1. The number of halogens is 1. The van der Waals surface area contributed by atoms with Crippen LogP contribution in [0.2, 0.25) is 0 Å². The van der Waals surface area contributed by atoms with Gasteiger partial charge >= 0.3 is 0 Å². The minimum absolute atomic E-state index is 0.00720. The standard InChI is InChI=1S/C22H27FN4O5S/c1-16-20(33(30,31)27-8-2-3-9-27)14-19(32-16)22(29)26-12-10-25(11-13-26)15-21(28)24-18-6-4-17(23)5-7-18/h4-7,14H,2-3,8-13,15H2,1H3,(H,24,28). The second-order valence-electron chi connectivity index (χ2n) is 8.27. The van der Waals surface area contributed by atoms with E-state index in [0.717, 1.165) is 12.8 Å². The first-order chi connectivity index (χ1) is 15.7. The van der Waals surface area contributed by atoms with Crippen molar-refractivity contribution in [2.75, 3.05) is 51.1 Å². The van der Waals surface area contributed by atoms with Crippen LogP contribution in [0.4, 0.5) is 10.1 Å². The van der Waals surface area contributed by atoms with Gasteiger partial charge in [-0.3, -0.25) is 14.5 Å². The number of amides is 2. The van der Waals surface area contributed by atoms with Crippen molar-refractivity contribution in [1.29, 1.82) is 0 Å². The quantitative estimate of drug-likeness (QED) is 0.680. The number of carbonyl (C=O) groups is 2. The molecular weight excluding hydrogens is 451 g/mol. The molecule has 1 N–H and O–H groups in total. The summed E-state index contributed by atoms with van der Waals surface area (Å²) in [6.45, 7) is 4.41. The van der Waals surface area contributed by atoms with Crippen LogP contribution < -0.4 is 5.32 Å². The Kier molecular flexibility index (Phi) is 6.82. The molecule has 33 heavy (non-hydrogen) atoms. The Morgan fingerprint density at radius 3 is 2.30 bits per heavy atom. The molecule has 0 saturated carbocycles. The first-order valence-corrected chi connectivity index (χ1v) is 12.4. The Morgan fingerprint density at radius 2 is 1.67 bits per heavy atom. The molecule has 4 rings (SSSR count). The highest BCUT2D eigenvalue weighted by Gasteiger charge is 2.33. The lowest BCUT2D eigenvalue weighted by Crippen LogP contribution is -2.50. The summed E-state index contributed by atoms with van der Waals surface area (Å²) in [6.07, 6.45) is 1.65. The number of hydrogen-bond acceptors (Lipinski definition) is 6. The Morgan fingerprint density at radius 1 is 1.03 bits per heavy atom. The number of rotatable bonds is 6. The maximum absolute atomic E-state index is 13.0. The molecule has 0 spiro atoms. The monoisotopic (exact) mass is 478 g/mol. The summed E-state index contributed by atoms with van der Waals surface area (Å²) in [5, 5.41) is 2.72. The van der Waals surface area contributed by atoms with Crippen molar-refractivity contribution < 1.29 is 26.8 Å². The molecule has 1 aromatic heterocycles. The fraction of sp³-hybridized carbons (Fsp3) is 0.455. The SMILES string of the molecule is Cc1oc(C(=O)N2CCN(CC(=O)Nc3ccc(F)cc3)CC2)cc1S(=O)(=O)N1CCCC1. The zero-order chi connectivity index (χ0) is 23.6. The van der Waals surface area contributed by atoms with Crippen molar-refractivity contribution in [2.45, 2.75) is 24.7 Å². The first kappa shape index (κ1) is 23.4. The Hall–Kier alpha value is -2.76. The van der Waals surface area contributed by atoms with Crippen molar-refractivity contribution in [3.05, 3.63) is 47.7 Å². The summed E-state index contributed by atoms with van der Waals surface area (Å²) in [7, 11) is -3.67. The lowest BCUT2D eigenvalue weighted by molar-refractivity contribution is -0.117. The molecule has 0 bridgehead atoms. The predicted octanol–water partition coefficient (Wildman–Crippen LogP) is 1.91. The zero-order valence-electron chi connectivity index (χ0n) is 18.4. The molecule has 11 heteroatoms. The van der Waals surface area contributed by atoms with Crippen LogP contribution in [0.1, 0.15) is 29.2 Å². The van der Waals surface area contributed by atoms with Gasteiger partial charge in [0.2, 0.25) is 15.9 Å². The van der Waals surface area contributed by atoms with Crippen LogP contribution in [0.3, 0.4) is 0 Å². The molecule has 2 aromatic rings. The number of piperazine rings is 1. The molecule has 0 atom stereocenters. The van der Waals surface area contributed by atoms with Crippen LogP contribution in [0, 0.1) is 12.7 Å². The Balaban J connectivity index is 1.32. The lowest BCUT2D eigenvalue weighted by Gasteiger charge is -2.33. The summed E-state index contributed by atoms with van der Waals surface area (Å²) >= 11 is 0. The summed E-state index contributed by atoms with van der Waals surface area (Å²) in [6, 6.07) is 6.87. The highest BCUT2D eigenvalue weighted by Crippen LogP contribution is 2.27. The van der Waals surface area contributed by atoms with Crippen molar-refractivity contribution in [1.82, 2.24) is 14.1 Å². The summed E-state index contributed by atoms with van der Waals surface area (Å²) in [5.41, 5.74) is 0.517. The van der Waals surface area contributed by atoms with E-state index < -0.39 is 10.0 Å². The van der Waals surface area contributed by atoms with E-state index in [4.69, 9.17) is 4.42 Å². The third kappa shape index (κ3) is 5.26. The van der Waals surface area contributed by atoms with E-state index in [2.05, 4.69) is 5.32 Å². The minimum atomic E-state index is -3.67. The molecule has 0 aliphatic carbocycles. The van der Waals surface area contributed by atoms with Gasteiger partial charge in [-0.15, -0.1) is 0 Å². The molecule has 2 saturated heterocycles. The molecule has 178 valence electrons. The van der Waals surface area contributed by atoms with Gasteiger partial charge in [0.15, 0.2) is 5.76 Å². The average molecular weight is 479 g/mol. The summed E-state index contributed by atoms with van der Waals surface area (Å²) in [4.78, 5) is 28.7. The van der Waals surface area contributed by atoms with Crippen molar-refractivity contribution in [3.8, 4) is 0 Å². The zero-order valence-corrected chi connectivity index (χ0v) is 19.2. The molecule has 1 aromatic carbocycles. The predicted molar refractivity (Wildman–Crippen MR) is 119 cm³/mol. The van der Waals surface area contributed by atoms with Crippen LogP contribution in [0.25, 0.3) is 0 Å². The van der Waals surface area contributed by atoms with Gasteiger partial charge in [-0.2, -0.15) is 4.31 Å². The molecule has 2 fully saturated rings. The van der Waals surface area contributed by atoms with Crippen LogP contribution >= 0.6 is 0 Å². The largest absolute Gasteiger partial charge is 0.455 e. The fourth-order valence-electron chi connectivity index (χ4n) is 4.10. The number of anilines is 1. The molecule has 2 aliphatic heterocycles. The molecule has 9 nitrogen and oxygen atoms in total. The van der Waals surface area contributed by atoms with Crippen LogP contribution in [-0.4, -0.2) is 80.2 Å². The number of benzene rings is 1. The summed E-state index contributed by atoms with van der Waals surface area (Å²) in [5.74, 6) is -0.744. The second kappa shape index (κ2) is 9.62. The third-order valence-corrected chi connectivity index (χ3v) is 7.93. The second-order valence-corrected chi connectivity index (χ2v) is 10.2. The van der Waals surface area contributed by atoms with Crippen molar-refractivity contribution >= 4 is 27.5 Å². The molecule has 3 heterocycles. The van der Waals surface area contributed by atoms with Crippen LogP contribution in [0.5, 0.6) is 0 Å². The highest BCUT2D eigenvalue weighted by molar-refractivity contribution is 7.89. The van der Waals surface area contributed by atoms with E-state index in [-0.39, 0.29) is 40.6 Å². The van der Waals surface area contributed by atoms with Crippen LogP contribution in [-0.2, 0) is 14.8 Å². The van der Waals surface area contributed by atoms with Crippen molar-refractivity contribution in [3.63, 3.8) is 0 Å². The highest BCUT2D eigenvalue weighted by atomic mass is 32.2. The normalized spacial score (nSPS) is 17.9. The molecule has 2 amide bonds. The van der Waals surface area contributed by atoms with E-state index in [1.165, 1.54) is 34.6 Å². The number of nitrogens with zero attached hydrogens (tertiary/aromatic N) is 3. The van der Waals surface area contributed by atoms with E-state index in [0.29, 0.717) is 45.0 Å². The van der Waals surface area contributed by atoms with Crippen molar-refractivity contribution in [2.24, 2.45) is 0 Å². The van der Waals surface area contributed by atoms with Gasteiger partial charge in [-0.25, -0.2) is 12.8 Å². The number of furan rings is 1. The molecule has 0 radical (unpaired) electrons. The molecular formula is C22H27FN4O5S. The number of carbonyl (C=O) groups excluding carboxylic acids is 2. The average Bonchev–Trinajstić information content (AvgIpc) is 3.46. The Bertz CT molecular complexity index is 1120. The van der Waals surface area contributed by atoms with Gasteiger partial charge in [-0.1, -0.05) is 0 Å². The molecule has 2 aliphatic rings. The van der Waals surface area contributed by atoms with Gasteiger partial charge in [-0.05, 0) is 44.0 Å². The first-order valence-electron chi connectivity index (χ1n) is 10.9. The number of sulfonamides is 1. The number of hydrogen-bond donors (Lipinski definition) is 1. The lowest BCUT2D eigenvalue weighted by atomic mass is 10.2. The van der Waals surface area contributed by atoms with Gasteiger partial charge in [0.25, 0.3) is 5.91 Å². The minimum Gasteiger partial charge on any atom is -0.455 e. The fourth-order valence-corrected chi connectivity index (χ4v) is 5.77. The Labute approximate surface area is 192 Å². The van der Waals surface area contributed by atoms with E-state index >= 15 is 0 Å². The van der Waals surface area contributed by atoms with Gasteiger partial charge < -0.3 is 14.6 Å². The van der Waals surface area contributed by atoms with E-state index in [9.17, 15) is 22.4 Å². The maximum atomic E-state index is 13.0. The van der Waals surface area contributed by atoms with E-state index in [1.807, 2.05) is 4.90 Å². The topological polar surface area (TPSA) is 103 Å². The third-order valence-electron chi connectivity index (χ3n) is 5.92. The number of aryl methyl sites for hydroxylation is 1. The van der Waals surface area contributed by atoms with Gasteiger partial charge in [0.05, 0.1) is 6.54 Å². The van der Waals surface area contributed by atoms with Gasteiger partial charge in [0, 0.05) is 51.0 Å². The van der Waals surface area contributed by atoms with Crippen LogP contribution in [0.15, 0.2) is 39.6 Å². The molecule has 0 unspecified atom stereocenters. The maximum Gasteiger partial charge on any atom is 0.289 e. The summed E-state index contributed by atoms with van der Waals surface area (Å²) < 4.78 is 45.6. The smallest absolute Gasteiger partial charge is 0.289 e.